The van der Waals surface area contributed by atoms with Gasteiger partial charge in [0.2, 0.25) is 0 Å². The molecule has 0 amide bonds. The molecule has 14 heteroatoms. The molecule has 2 aromatic heterocycles. The molecule has 0 aliphatic rings. The summed E-state index contributed by atoms with van der Waals surface area (Å²) in [6.45, 7) is 4.42. The zero-order valence-electron chi connectivity index (χ0n) is 19.9. The summed E-state index contributed by atoms with van der Waals surface area (Å²) in [7, 11) is 5.23. The van der Waals surface area contributed by atoms with E-state index in [1.54, 1.807) is 6.07 Å². The van der Waals surface area contributed by atoms with Gasteiger partial charge in [-0.05, 0) is 45.6 Å². The number of carboxylic acids is 1. The number of rotatable bonds is 7. The van der Waals surface area contributed by atoms with Gasteiger partial charge in [0.05, 0.1) is 18.2 Å². The minimum Gasteiger partial charge on any atom is -0.487 e. The summed E-state index contributed by atoms with van der Waals surface area (Å²) >= 11 is 1.24. The molecule has 3 aromatic rings. The number of anilines is 2. The van der Waals surface area contributed by atoms with Gasteiger partial charge in [0.1, 0.15) is 39.5 Å². The van der Waals surface area contributed by atoms with Crippen molar-refractivity contribution in [2.24, 2.45) is 0 Å². The van der Waals surface area contributed by atoms with E-state index in [4.69, 9.17) is 19.4 Å². The Morgan fingerprint density at radius 3 is 2.44 bits per heavy atom. The van der Waals surface area contributed by atoms with Crippen molar-refractivity contribution in [1.82, 2.24) is 14.9 Å². The standard InChI is InChI=1S/C20H23FN4O3S.C2HF3O2/c1-11(9-25(3)4)28-15-8-13(21)6-7-14(15)24-18-16-12(2)17(20(26)27-5)29-19(16)23-10-22-18;3-2(4,5)1(6)7/h6-8,10-11H,9H2,1-5H3,(H,22,23,24);(H,6,7). The number of hydrogen-bond acceptors (Lipinski definition) is 9. The fourth-order valence-electron chi connectivity index (χ4n) is 3.05. The van der Waals surface area contributed by atoms with Gasteiger partial charge in [-0.2, -0.15) is 13.2 Å². The number of benzene rings is 1. The van der Waals surface area contributed by atoms with Crippen molar-refractivity contribution in [3.05, 3.63) is 40.8 Å². The van der Waals surface area contributed by atoms with Crippen molar-refractivity contribution in [1.29, 1.82) is 0 Å². The van der Waals surface area contributed by atoms with Crippen LogP contribution in [0.4, 0.5) is 29.1 Å². The van der Waals surface area contributed by atoms with Crippen LogP contribution in [0, 0.1) is 12.7 Å². The lowest BCUT2D eigenvalue weighted by Crippen LogP contribution is -2.28. The summed E-state index contributed by atoms with van der Waals surface area (Å²) in [4.78, 5) is 32.6. The van der Waals surface area contributed by atoms with Gasteiger partial charge in [-0.15, -0.1) is 11.3 Å². The summed E-state index contributed by atoms with van der Waals surface area (Å²) in [5.41, 5.74) is 1.30. The highest BCUT2D eigenvalue weighted by molar-refractivity contribution is 7.20. The largest absolute Gasteiger partial charge is 0.490 e. The molecule has 0 fully saturated rings. The van der Waals surface area contributed by atoms with Crippen molar-refractivity contribution in [3.8, 4) is 5.75 Å². The number of carboxylic acid groups (broad SMARTS) is 1. The second-order valence-corrected chi connectivity index (χ2v) is 8.71. The van der Waals surface area contributed by atoms with Crippen LogP contribution < -0.4 is 10.1 Å². The molecule has 0 spiro atoms. The number of aliphatic carboxylic acids is 1. The van der Waals surface area contributed by atoms with E-state index in [9.17, 15) is 22.4 Å². The number of thiophene rings is 1. The molecule has 0 aliphatic heterocycles. The highest BCUT2D eigenvalue weighted by atomic mass is 32.1. The average Bonchev–Trinajstić information content (AvgIpc) is 3.11. The number of alkyl halides is 3. The Hall–Kier alpha value is -3.52. The molecule has 1 atom stereocenters. The molecule has 2 N–H and O–H groups in total. The van der Waals surface area contributed by atoms with Gasteiger partial charge in [0.15, 0.2) is 0 Å². The smallest absolute Gasteiger partial charge is 0.487 e. The molecule has 2 heterocycles. The van der Waals surface area contributed by atoms with Gasteiger partial charge < -0.3 is 24.8 Å². The minimum absolute atomic E-state index is 0.147. The van der Waals surface area contributed by atoms with Crippen molar-refractivity contribution >= 4 is 45.0 Å². The number of hydrogen-bond donors (Lipinski definition) is 2. The Labute approximate surface area is 207 Å². The predicted octanol–water partition coefficient (Wildman–Crippen LogP) is 4.63. The number of halogens is 4. The number of fused-ring (bicyclic) bond motifs is 1. The maximum atomic E-state index is 13.9. The third kappa shape index (κ3) is 7.49. The quantitative estimate of drug-likeness (QED) is 0.332. The van der Waals surface area contributed by atoms with Crippen LogP contribution in [-0.2, 0) is 9.53 Å². The van der Waals surface area contributed by atoms with Gasteiger partial charge >= 0.3 is 18.1 Å². The first-order valence-electron chi connectivity index (χ1n) is 10.2. The number of likely N-dealkylation sites (N-methyl/N-ethyl adjacent to an activating group) is 1. The SMILES string of the molecule is COC(=O)c1sc2ncnc(Nc3ccc(F)cc3OC(C)CN(C)C)c2c1C.O=C(O)C(F)(F)F. The third-order valence-electron chi connectivity index (χ3n) is 4.49. The number of esters is 1. The second-order valence-electron chi connectivity index (χ2n) is 7.71. The third-order valence-corrected chi connectivity index (χ3v) is 5.67. The van der Waals surface area contributed by atoms with Crippen LogP contribution >= 0.6 is 11.3 Å². The molecular formula is C22H24F4N4O5S. The van der Waals surface area contributed by atoms with Gasteiger partial charge in [0, 0.05) is 12.6 Å². The fraction of sp³-hybridized carbons (Fsp3) is 0.364. The minimum atomic E-state index is -5.08. The monoisotopic (exact) mass is 532 g/mol. The van der Waals surface area contributed by atoms with Crippen LogP contribution in [0.25, 0.3) is 10.2 Å². The van der Waals surface area contributed by atoms with Crippen molar-refractivity contribution < 1.29 is 41.7 Å². The number of carbonyl (C=O) groups excluding carboxylic acids is 1. The van der Waals surface area contributed by atoms with Crippen LogP contribution in [-0.4, -0.2) is 71.9 Å². The number of ether oxygens (including phenoxy) is 2. The van der Waals surface area contributed by atoms with Crippen LogP contribution in [0.1, 0.15) is 22.2 Å². The number of nitrogens with one attached hydrogen (secondary N) is 1. The van der Waals surface area contributed by atoms with Gasteiger partial charge in [-0.3, -0.25) is 0 Å². The van der Waals surface area contributed by atoms with E-state index in [0.29, 0.717) is 33.5 Å². The first kappa shape index (κ1) is 28.7. The van der Waals surface area contributed by atoms with Crippen LogP contribution in [0.3, 0.4) is 0 Å². The normalized spacial score (nSPS) is 12.1. The second kappa shape index (κ2) is 11.9. The summed E-state index contributed by atoms with van der Waals surface area (Å²) in [5.74, 6) is -2.68. The molecular weight excluding hydrogens is 508 g/mol. The molecule has 9 nitrogen and oxygen atoms in total. The van der Waals surface area contributed by atoms with E-state index in [0.717, 1.165) is 10.9 Å². The lowest BCUT2D eigenvalue weighted by molar-refractivity contribution is -0.192. The highest BCUT2D eigenvalue weighted by Crippen LogP contribution is 2.36. The van der Waals surface area contributed by atoms with Gasteiger partial charge in [-0.1, -0.05) is 0 Å². The summed E-state index contributed by atoms with van der Waals surface area (Å²) in [6, 6.07) is 4.29. The van der Waals surface area contributed by atoms with Crippen molar-refractivity contribution in [2.75, 3.05) is 33.1 Å². The molecule has 0 saturated carbocycles. The van der Waals surface area contributed by atoms with Crippen molar-refractivity contribution in [2.45, 2.75) is 26.1 Å². The number of carbonyl (C=O) groups is 2. The summed E-state index contributed by atoms with van der Waals surface area (Å²) < 4.78 is 56.4. The maximum absolute atomic E-state index is 13.9. The maximum Gasteiger partial charge on any atom is 0.490 e. The van der Waals surface area contributed by atoms with Gasteiger partial charge in [-0.25, -0.2) is 23.9 Å². The Balaban J connectivity index is 0.000000572. The molecule has 36 heavy (non-hydrogen) atoms. The summed E-state index contributed by atoms with van der Waals surface area (Å²) in [5, 5.41) is 11.1. The first-order valence-corrected chi connectivity index (χ1v) is 11.1. The van der Waals surface area contributed by atoms with E-state index in [2.05, 4.69) is 15.3 Å². The Kier molecular flexibility index (Phi) is 9.53. The average molecular weight is 533 g/mol. The molecule has 0 bridgehead atoms. The van der Waals surface area contributed by atoms with Crippen LogP contribution in [0.5, 0.6) is 5.75 Å². The molecule has 0 aliphatic carbocycles. The lowest BCUT2D eigenvalue weighted by atomic mass is 10.2. The fourth-order valence-corrected chi connectivity index (χ4v) is 4.11. The topological polar surface area (TPSA) is 114 Å². The first-order chi connectivity index (χ1) is 16.7. The summed E-state index contributed by atoms with van der Waals surface area (Å²) in [6.07, 6.45) is -3.81. The van der Waals surface area contributed by atoms with E-state index < -0.39 is 23.9 Å². The Morgan fingerprint density at radius 2 is 1.89 bits per heavy atom. The van der Waals surface area contributed by atoms with E-state index in [-0.39, 0.29) is 6.10 Å². The number of nitrogens with zero attached hydrogens (tertiary/aromatic N) is 3. The molecule has 1 unspecified atom stereocenters. The molecule has 196 valence electrons. The van der Waals surface area contributed by atoms with Crippen LogP contribution in [0.15, 0.2) is 24.5 Å². The number of aryl methyl sites for hydroxylation is 1. The zero-order valence-corrected chi connectivity index (χ0v) is 20.8. The highest BCUT2D eigenvalue weighted by Gasteiger charge is 2.38. The molecule has 0 radical (unpaired) electrons. The predicted molar refractivity (Wildman–Crippen MR) is 126 cm³/mol. The van der Waals surface area contributed by atoms with E-state index >= 15 is 0 Å². The van der Waals surface area contributed by atoms with E-state index in [1.807, 2.05) is 32.8 Å². The van der Waals surface area contributed by atoms with Gasteiger partial charge in [0.25, 0.3) is 0 Å². The lowest BCUT2D eigenvalue weighted by Gasteiger charge is -2.21. The number of methoxy groups -OCH3 is 1. The van der Waals surface area contributed by atoms with Crippen molar-refractivity contribution in [3.63, 3.8) is 0 Å². The van der Waals surface area contributed by atoms with E-state index in [1.165, 1.54) is 36.9 Å². The molecule has 3 rings (SSSR count). The molecule has 1 aromatic carbocycles. The molecule has 0 saturated heterocycles. The number of aromatic nitrogens is 2. The van der Waals surface area contributed by atoms with Crippen LogP contribution in [0.2, 0.25) is 0 Å². The Morgan fingerprint density at radius 1 is 1.25 bits per heavy atom. The Bertz CT molecular complexity index is 1230. The zero-order chi connectivity index (χ0) is 27.2.